The standard InChI is InChI=1S/C16H15ClFNO2/c1-10-8-11(17)6-7-14(10)15(16(20)21-2)19-13-5-3-4-12(18)9-13/h3-9,15,19H,1-2H3. The van der Waals surface area contributed by atoms with Gasteiger partial charge in [0.1, 0.15) is 5.82 Å². The minimum absolute atomic E-state index is 0.378. The van der Waals surface area contributed by atoms with Gasteiger partial charge in [-0.2, -0.15) is 0 Å². The highest BCUT2D eigenvalue weighted by Crippen LogP contribution is 2.26. The van der Waals surface area contributed by atoms with Gasteiger partial charge in [0.15, 0.2) is 6.04 Å². The molecule has 5 heteroatoms. The molecule has 0 aliphatic carbocycles. The van der Waals surface area contributed by atoms with Gasteiger partial charge in [-0.15, -0.1) is 0 Å². The normalized spacial score (nSPS) is 11.8. The number of anilines is 1. The summed E-state index contributed by atoms with van der Waals surface area (Å²) in [7, 11) is 1.31. The lowest BCUT2D eigenvalue weighted by atomic mass is 10.0. The molecule has 110 valence electrons. The molecule has 1 atom stereocenters. The summed E-state index contributed by atoms with van der Waals surface area (Å²) in [5.74, 6) is -0.832. The van der Waals surface area contributed by atoms with Crippen molar-refractivity contribution in [2.75, 3.05) is 12.4 Å². The molecule has 0 saturated heterocycles. The lowest BCUT2D eigenvalue weighted by Gasteiger charge is -2.20. The van der Waals surface area contributed by atoms with Crippen LogP contribution in [0.5, 0.6) is 0 Å². The van der Waals surface area contributed by atoms with Gasteiger partial charge >= 0.3 is 5.97 Å². The van der Waals surface area contributed by atoms with Gasteiger partial charge < -0.3 is 10.1 Å². The molecule has 0 aliphatic heterocycles. The van der Waals surface area contributed by atoms with Crippen molar-refractivity contribution in [3.8, 4) is 0 Å². The van der Waals surface area contributed by atoms with Gasteiger partial charge in [-0.25, -0.2) is 9.18 Å². The van der Waals surface area contributed by atoms with Gasteiger partial charge in [-0.3, -0.25) is 0 Å². The first kappa shape index (κ1) is 15.3. The summed E-state index contributed by atoms with van der Waals surface area (Å²) in [5.41, 5.74) is 2.08. The lowest BCUT2D eigenvalue weighted by Crippen LogP contribution is -2.23. The fourth-order valence-electron chi connectivity index (χ4n) is 2.09. The second kappa shape index (κ2) is 6.59. The monoisotopic (exact) mass is 307 g/mol. The van der Waals surface area contributed by atoms with Crippen LogP contribution < -0.4 is 5.32 Å². The molecular formula is C16H15ClFNO2. The van der Waals surface area contributed by atoms with Crippen molar-refractivity contribution < 1.29 is 13.9 Å². The summed E-state index contributed by atoms with van der Waals surface area (Å²) in [6, 6.07) is 10.4. The molecule has 3 nitrogen and oxygen atoms in total. The molecule has 0 saturated carbocycles. The molecule has 1 N–H and O–H groups in total. The number of methoxy groups -OCH3 is 1. The van der Waals surface area contributed by atoms with E-state index >= 15 is 0 Å². The van der Waals surface area contributed by atoms with Crippen molar-refractivity contribution in [1.82, 2.24) is 0 Å². The van der Waals surface area contributed by atoms with Gasteiger partial charge in [-0.1, -0.05) is 23.7 Å². The number of esters is 1. The zero-order valence-electron chi connectivity index (χ0n) is 11.7. The fourth-order valence-corrected chi connectivity index (χ4v) is 2.32. The highest BCUT2D eigenvalue weighted by atomic mass is 35.5. The summed E-state index contributed by atoms with van der Waals surface area (Å²) in [6.07, 6.45) is 0. The third kappa shape index (κ3) is 3.73. The second-order valence-electron chi connectivity index (χ2n) is 4.61. The van der Waals surface area contributed by atoms with E-state index in [1.807, 2.05) is 6.92 Å². The van der Waals surface area contributed by atoms with Crippen molar-refractivity contribution in [2.45, 2.75) is 13.0 Å². The van der Waals surface area contributed by atoms with E-state index in [1.54, 1.807) is 30.3 Å². The molecule has 0 aliphatic rings. The smallest absolute Gasteiger partial charge is 0.332 e. The van der Waals surface area contributed by atoms with Crippen molar-refractivity contribution in [3.05, 3.63) is 64.4 Å². The van der Waals surface area contributed by atoms with Gasteiger partial charge in [0, 0.05) is 10.7 Å². The third-order valence-corrected chi connectivity index (χ3v) is 3.35. The topological polar surface area (TPSA) is 38.3 Å². The third-order valence-electron chi connectivity index (χ3n) is 3.12. The Hall–Kier alpha value is -2.07. The summed E-state index contributed by atoms with van der Waals surface area (Å²) >= 11 is 5.93. The number of aryl methyl sites for hydroxylation is 1. The maximum atomic E-state index is 13.3. The molecule has 0 radical (unpaired) electrons. The first-order chi connectivity index (χ1) is 10.0. The first-order valence-corrected chi connectivity index (χ1v) is 6.75. The van der Waals surface area contributed by atoms with Crippen LogP contribution in [0.4, 0.5) is 10.1 Å². The number of rotatable bonds is 4. The van der Waals surface area contributed by atoms with Crippen LogP contribution in [-0.4, -0.2) is 13.1 Å². The molecule has 0 aromatic heterocycles. The van der Waals surface area contributed by atoms with Crippen molar-refractivity contribution in [2.24, 2.45) is 0 Å². The van der Waals surface area contributed by atoms with E-state index in [0.29, 0.717) is 10.7 Å². The fraction of sp³-hybridized carbons (Fsp3) is 0.188. The first-order valence-electron chi connectivity index (χ1n) is 6.37. The molecular weight excluding hydrogens is 293 g/mol. The number of ether oxygens (including phenoxy) is 1. The molecule has 0 spiro atoms. The number of hydrogen-bond donors (Lipinski definition) is 1. The number of halogens is 2. The Balaban J connectivity index is 2.37. The van der Waals surface area contributed by atoms with E-state index in [4.69, 9.17) is 16.3 Å². The van der Waals surface area contributed by atoms with Crippen molar-refractivity contribution >= 4 is 23.3 Å². The maximum absolute atomic E-state index is 13.3. The minimum Gasteiger partial charge on any atom is -0.467 e. The Labute approximate surface area is 127 Å². The van der Waals surface area contributed by atoms with Crippen LogP contribution in [0.2, 0.25) is 5.02 Å². The zero-order chi connectivity index (χ0) is 15.4. The molecule has 2 rings (SSSR count). The van der Waals surface area contributed by atoms with Crippen molar-refractivity contribution in [1.29, 1.82) is 0 Å². The lowest BCUT2D eigenvalue weighted by molar-refractivity contribution is -0.141. The number of carbonyl (C=O) groups excluding carboxylic acids is 1. The average Bonchev–Trinajstić information content (AvgIpc) is 2.45. The van der Waals surface area contributed by atoms with Crippen LogP contribution in [-0.2, 0) is 9.53 Å². The summed E-state index contributed by atoms with van der Waals surface area (Å²) in [5, 5.41) is 3.58. The van der Waals surface area contributed by atoms with Crippen LogP contribution in [0.15, 0.2) is 42.5 Å². The van der Waals surface area contributed by atoms with Crippen LogP contribution >= 0.6 is 11.6 Å². The zero-order valence-corrected chi connectivity index (χ0v) is 12.4. The summed E-state index contributed by atoms with van der Waals surface area (Å²) in [6.45, 7) is 1.85. The second-order valence-corrected chi connectivity index (χ2v) is 5.05. The number of carbonyl (C=O) groups is 1. The van der Waals surface area contributed by atoms with E-state index in [9.17, 15) is 9.18 Å². The van der Waals surface area contributed by atoms with Crippen LogP contribution in [0.25, 0.3) is 0 Å². The number of hydrogen-bond acceptors (Lipinski definition) is 3. The molecule has 2 aromatic rings. The largest absolute Gasteiger partial charge is 0.467 e. The Bertz CT molecular complexity index is 660. The highest BCUT2D eigenvalue weighted by Gasteiger charge is 2.23. The van der Waals surface area contributed by atoms with Gasteiger partial charge in [0.2, 0.25) is 0 Å². The van der Waals surface area contributed by atoms with E-state index < -0.39 is 12.0 Å². The summed E-state index contributed by atoms with van der Waals surface area (Å²) < 4.78 is 18.1. The average molecular weight is 308 g/mol. The van der Waals surface area contributed by atoms with Crippen LogP contribution in [0.1, 0.15) is 17.2 Å². The molecule has 1 unspecified atom stereocenters. The Morgan fingerprint density at radius 2 is 2.05 bits per heavy atom. The number of nitrogens with one attached hydrogen (secondary N) is 1. The van der Waals surface area contributed by atoms with Gasteiger partial charge in [0.25, 0.3) is 0 Å². The molecule has 0 bridgehead atoms. The summed E-state index contributed by atoms with van der Waals surface area (Å²) in [4.78, 5) is 12.0. The predicted molar refractivity (Wildman–Crippen MR) is 81.0 cm³/mol. The van der Waals surface area contributed by atoms with Crippen LogP contribution in [0, 0.1) is 12.7 Å². The quantitative estimate of drug-likeness (QED) is 0.864. The van der Waals surface area contributed by atoms with Crippen LogP contribution in [0.3, 0.4) is 0 Å². The molecule has 21 heavy (non-hydrogen) atoms. The SMILES string of the molecule is COC(=O)C(Nc1cccc(F)c1)c1ccc(Cl)cc1C. The maximum Gasteiger partial charge on any atom is 0.332 e. The minimum atomic E-state index is -0.728. The van der Waals surface area contributed by atoms with Crippen molar-refractivity contribution in [3.63, 3.8) is 0 Å². The molecule has 2 aromatic carbocycles. The van der Waals surface area contributed by atoms with E-state index in [2.05, 4.69) is 5.32 Å². The van der Waals surface area contributed by atoms with Gasteiger partial charge in [-0.05, 0) is 48.4 Å². The Morgan fingerprint density at radius 1 is 1.29 bits per heavy atom. The Kier molecular flexibility index (Phi) is 4.81. The molecule has 0 fully saturated rings. The molecule has 0 heterocycles. The predicted octanol–water partition coefficient (Wildman–Crippen LogP) is 4.11. The molecule has 0 amide bonds. The highest BCUT2D eigenvalue weighted by molar-refractivity contribution is 6.30. The number of benzene rings is 2. The van der Waals surface area contributed by atoms with E-state index in [-0.39, 0.29) is 5.82 Å². The van der Waals surface area contributed by atoms with E-state index in [1.165, 1.54) is 19.2 Å². The van der Waals surface area contributed by atoms with Gasteiger partial charge in [0.05, 0.1) is 7.11 Å². The van der Waals surface area contributed by atoms with E-state index in [0.717, 1.165) is 11.1 Å². The Morgan fingerprint density at radius 3 is 2.67 bits per heavy atom.